The SMILES string of the molecule is COC[C@@H]1CN[C@H](c2nc(-c3ccc4c(c3)COc3cc5c(ccc6[nH]c([C@@H]7CC[C@@H]8CC(C)[C@H](NC(=O)OC)C(=O)N87)nc65)cc3-4)c(Cl)[nH]2)C1. The first-order valence-electron chi connectivity index (χ1n) is 17.7. The lowest BCUT2D eigenvalue weighted by Gasteiger charge is -2.41. The van der Waals surface area contributed by atoms with E-state index in [4.69, 9.17) is 35.8 Å². The molecule has 0 saturated carbocycles. The highest BCUT2D eigenvalue weighted by Gasteiger charge is 2.48. The molecule has 3 saturated heterocycles. The van der Waals surface area contributed by atoms with Gasteiger partial charge in [0.05, 0.1) is 36.8 Å². The van der Waals surface area contributed by atoms with Gasteiger partial charge in [-0.15, -0.1) is 0 Å². The van der Waals surface area contributed by atoms with Gasteiger partial charge in [0.25, 0.3) is 0 Å². The first-order valence-corrected chi connectivity index (χ1v) is 18.0. The summed E-state index contributed by atoms with van der Waals surface area (Å²) in [5.41, 5.74) is 6.62. The zero-order chi connectivity index (χ0) is 35.0. The van der Waals surface area contributed by atoms with Crippen molar-refractivity contribution in [1.29, 1.82) is 0 Å². The Hall–Kier alpha value is -4.65. The number of rotatable bonds is 6. The molecule has 4 aliphatic heterocycles. The fourth-order valence-corrected chi connectivity index (χ4v) is 9.04. The second-order valence-corrected chi connectivity index (χ2v) is 14.8. The number of methoxy groups -OCH3 is 2. The second-order valence-electron chi connectivity index (χ2n) is 14.4. The normalized spacial score (nSPS) is 25.5. The maximum atomic E-state index is 13.7. The van der Waals surface area contributed by atoms with Gasteiger partial charge in [-0.05, 0) is 78.3 Å². The summed E-state index contributed by atoms with van der Waals surface area (Å²) in [7, 11) is 3.05. The topological polar surface area (TPSA) is 146 Å². The molecule has 51 heavy (non-hydrogen) atoms. The van der Waals surface area contributed by atoms with Gasteiger partial charge < -0.3 is 39.7 Å². The summed E-state index contributed by atoms with van der Waals surface area (Å²) in [6, 6.07) is 14.1. The van der Waals surface area contributed by atoms with Gasteiger partial charge in [-0.3, -0.25) is 4.79 Å². The monoisotopic (exact) mass is 709 g/mol. The molecule has 6 atom stereocenters. The van der Waals surface area contributed by atoms with E-state index in [0.29, 0.717) is 17.7 Å². The molecule has 12 nitrogen and oxygen atoms in total. The van der Waals surface area contributed by atoms with E-state index in [0.717, 1.165) is 106 Å². The van der Waals surface area contributed by atoms with E-state index >= 15 is 0 Å². The molecular formula is C38H40ClN7O5. The maximum absolute atomic E-state index is 13.7. The Labute approximate surface area is 299 Å². The number of benzene rings is 3. The Kier molecular flexibility index (Phi) is 7.93. The van der Waals surface area contributed by atoms with Gasteiger partial charge in [0.1, 0.15) is 40.9 Å². The van der Waals surface area contributed by atoms with Crippen LogP contribution in [0.4, 0.5) is 4.79 Å². The van der Waals surface area contributed by atoms with E-state index in [9.17, 15) is 9.59 Å². The van der Waals surface area contributed by atoms with Crippen LogP contribution in [0.25, 0.3) is 44.2 Å². The molecule has 2 aromatic heterocycles. The van der Waals surface area contributed by atoms with Crippen LogP contribution in [0.1, 0.15) is 61.9 Å². The lowest BCUT2D eigenvalue weighted by molar-refractivity contribution is -0.142. The number of ether oxygens (including phenoxy) is 3. The zero-order valence-electron chi connectivity index (χ0n) is 28.7. The van der Waals surface area contributed by atoms with Crippen molar-refractivity contribution in [1.82, 2.24) is 35.5 Å². The minimum absolute atomic E-state index is 0.0176. The maximum Gasteiger partial charge on any atom is 0.407 e. The Morgan fingerprint density at radius 2 is 1.94 bits per heavy atom. The van der Waals surface area contributed by atoms with Crippen molar-refractivity contribution in [3.05, 3.63) is 64.8 Å². The first kappa shape index (κ1) is 32.3. The molecule has 4 aliphatic rings. The van der Waals surface area contributed by atoms with Crippen LogP contribution in [-0.4, -0.2) is 76.3 Å². The summed E-state index contributed by atoms with van der Waals surface area (Å²) >= 11 is 6.70. The predicted molar refractivity (Wildman–Crippen MR) is 192 cm³/mol. The van der Waals surface area contributed by atoms with Crippen molar-refractivity contribution in [3.63, 3.8) is 0 Å². The predicted octanol–water partition coefficient (Wildman–Crippen LogP) is 6.41. The smallest absolute Gasteiger partial charge is 0.407 e. The fraction of sp³-hybridized carbons (Fsp3) is 0.421. The van der Waals surface area contributed by atoms with E-state index in [1.807, 2.05) is 11.8 Å². The zero-order valence-corrected chi connectivity index (χ0v) is 29.5. The van der Waals surface area contributed by atoms with E-state index in [1.54, 1.807) is 7.11 Å². The van der Waals surface area contributed by atoms with Crippen molar-refractivity contribution >= 4 is 45.4 Å². The van der Waals surface area contributed by atoms with Gasteiger partial charge in [-0.2, -0.15) is 0 Å². The van der Waals surface area contributed by atoms with Crippen molar-refractivity contribution in [2.24, 2.45) is 11.8 Å². The van der Waals surface area contributed by atoms with Crippen molar-refractivity contribution in [3.8, 4) is 28.1 Å². The highest BCUT2D eigenvalue weighted by molar-refractivity contribution is 6.32. The summed E-state index contributed by atoms with van der Waals surface area (Å²) in [5.74, 6) is 2.79. The molecule has 5 aromatic rings. The van der Waals surface area contributed by atoms with Gasteiger partial charge in [-0.1, -0.05) is 36.7 Å². The van der Waals surface area contributed by atoms with Gasteiger partial charge in [-0.25, -0.2) is 14.8 Å². The van der Waals surface area contributed by atoms with Gasteiger partial charge in [0.2, 0.25) is 5.91 Å². The number of alkyl carbamates (subject to hydrolysis) is 1. The number of aromatic amines is 2. The van der Waals surface area contributed by atoms with Crippen LogP contribution in [0.3, 0.4) is 0 Å². The molecule has 3 fully saturated rings. The molecule has 2 amide bonds. The number of piperidine rings is 1. The van der Waals surface area contributed by atoms with Crippen LogP contribution in [0.5, 0.6) is 5.75 Å². The number of nitrogens with one attached hydrogen (secondary N) is 4. The lowest BCUT2D eigenvalue weighted by Crippen LogP contribution is -2.58. The molecule has 0 spiro atoms. The molecule has 13 heteroatoms. The Morgan fingerprint density at radius 1 is 1.06 bits per heavy atom. The molecule has 3 aromatic carbocycles. The second kappa shape index (κ2) is 12.5. The van der Waals surface area contributed by atoms with Crippen molar-refractivity contribution in [2.45, 2.75) is 63.4 Å². The van der Waals surface area contributed by atoms with Crippen LogP contribution < -0.4 is 15.4 Å². The molecule has 0 radical (unpaired) electrons. The molecule has 6 heterocycles. The number of hydrogen-bond acceptors (Lipinski definition) is 8. The average molecular weight is 710 g/mol. The van der Waals surface area contributed by atoms with E-state index in [1.165, 1.54) is 7.11 Å². The van der Waals surface area contributed by atoms with E-state index in [-0.39, 0.29) is 30.0 Å². The number of carbonyl (C=O) groups is 2. The van der Waals surface area contributed by atoms with E-state index < -0.39 is 12.1 Å². The summed E-state index contributed by atoms with van der Waals surface area (Å²) in [6.45, 7) is 4.04. The summed E-state index contributed by atoms with van der Waals surface area (Å²) in [6.07, 6.45) is 2.87. The lowest BCUT2D eigenvalue weighted by atomic mass is 9.88. The number of hydrogen-bond donors (Lipinski definition) is 4. The van der Waals surface area contributed by atoms with Crippen LogP contribution in [-0.2, 0) is 20.9 Å². The third-order valence-electron chi connectivity index (χ3n) is 11.3. The molecule has 0 aliphatic carbocycles. The molecule has 0 bridgehead atoms. The molecule has 264 valence electrons. The summed E-state index contributed by atoms with van der Waals surface area (Å²) in [5, 5.41) is 8.85. The minimum Gasteiger partial charge on any atom is -0.488 e. The number of nitrogens with zero attached hydrogens (tertiary/aromatic N) is 3. The van der Waals surface area contributed by atoms with Crippen molar-refractivity contribution in [2.75, 3.05) is 27.4 Å². The molecular weight excluding hydrogens is 670 g/mol. The number of H-pyrrole nitrogens is 2. The summed E-state index contributed by atoms with van der Waals surface area (Å²) < 4.78 is 16.5. The van der Waals surface area contributed by atoms with Gasteiger partial charge >= 0.3 is 6.09 Å². The standard InChI is InChI=1S/C38H40ClN7O5/c1-18-10-23-6-9-29(46(23)37(47)31(18)44-38(48)50-3)36-41-27-8-5-20-13-26-24-7-4-21(12-22(24)17-51-30(26)14-25(20)33(27)43-36)32-34(39)45-35(42-32)28-11-19(15-40-28)16-49-2/h4-5,7-8,12-14,18-19,23,28-29,31,40H,6,9-11,15-17H2,1-3H3,(H,41,43)(H,42,45)(H,44,48)/t18?,19-,23+,28-,29-,31-/m0/s1. The number of fused-ring (bicyclic) bond motifs is 7. The number of imidazole rings is 2. The van der Waals surface area contributed by atoms with Crippen LogP contribution in [0, 0.1) is 11.8 Å². The Morgan fingerprint density at radius 3 is 2.78 bits per heavy atom. The highest BCUT2D eigenvalue weighted by atomic mass is 35.5. The average Bonchev–Trinajstić information content (AvgIpc) is 3.94. The van der Waals surface area contributed by atoms with Crippen LogP contribution in [0.2, 0.25) is 5.15 Å². The number of carbonyl (C=O) groups excluding carboxylic acids is 2. The van der Waals surface area contributed by atoms with Crippen LogP contribution in [0.15, 0.2) is 42.5 Å². The minimum atomic E-state index is -0.625. The Bertz CT molecular complexity index is 2200. The molecule has 1 unspecified atom stereocenters. The van der Waals surface area contributed by atoms with Gasteiger partial charge in [0, 0.05) is 36.2 Å². The largest absolute Gasteiger partial charge is 0.488 e. The first-order chi connectivity index (χ1) is 24.8. The third-order valence-corrected chi connectivity index (χ3v) is 11.6. The Balaban J connectivity index is 1.00. The van der Waals surface area contributed by atoms with Crippen molar-refractivity contribution < 1.29 is 23.8 Å². The fourth-order valence-electron chi connectivity index (χ4n) is 8.79. The number of halogens is 1. The third kappa shape index (κ3) is 5.42. The van der Waals surface area contributed by atoms with Crippen LogP contribution >= 0.6 is 11.6 Å². The summed E-state index contributed by atoms with van der Waals surface area (Å²) in [4.78, 5) is 44.5. The number of aromatic nitrogens is 4. The quantitative estimate of drug-likeness (QED) is 0.158. The van der Waals surface area contributed by atoms with Gasteiger partial charge in [0.15, 0.2) is 0 Å². The molecule has 4 N–H and O–H groups in total. The highest BCUT2D eigenvalue weighted by Crippen LogP contribution is 2.45. The van der Waals surface area contributed by atoms with E-state index in [2.05, 4.69) is 63.1 Å². The number of amides is 2. The molecule has 9 rings (SSSR count).